The van der Waals surface area contributed by atoms with Gasteiger partial charge in [0, 0.05) is 10.6 Å². The Hall–Kier alpha value is -2.86. The van der Waals surface area contributed by atoms with Crippen LogP contribution in [0.5, 0.6) is 5.75 Å². The number of carbonyl (C=O) groups excluding carboxylic acids is 2. The fourth-order valence-electron chi connectivity index (χ4n) is 2.35. The lowest BCUT2D eigenvalue weighted by atomic mass is 10.0. The molecule has 0 aromatic heterocycles. The molecule has 2 aromatic rings. The zero-order valence-electron chi connectivity index (χ0n) is 15.1. The van der Waals surface area contributed by atoms with E-state index in [1.165, 1.54) is 18.3 Å². The fourth-order valence-corrected chi connectivity index (χ4v) is 2.48. The predicted octanol–water partition coefficient (Wildman–Crippen LogP) is 3.34. The average molecular weight is 388 g/mol. The fraction of sp³-hybridized carbons (Fsp3) is 0.250. The molecule has 0 spiro atoms. The van der Waals surface area contributed by atoms with E-state index in [-0.39, 0.29) is 17.6 Å². The van der Waals surface area contributed by atoms with E-state index in [1.54, 1.807) is 36.4 Å². The highest BCUT2D eigenvalue weighted by atomic mass is 35.5. The van der Waals surface area contributed by atoms with Crippen molar-refractivity contribution in [1.29, 1.82) is 0 Å². The van der Waals surface area contributed by atoms with E-state index in [0.717, 1.165) is 5.56 Å². The number of carbonyl (C=O) groups is 2. The van der Waals surface area contributed by atoms with Crippen molar-refractivity contribution in [3.63, 3.8) is 0 Å². The van der Waals surface area contributed by atoms with Crippen molar-refractivity contribution in [3.05, 3.63) is 64.7 Å². The van der Waals surface area contributed by atoms with E-state index in [2.05, 4.69) is 15.8 Å². The molecular weight excluding hydrogens is 366 g/mol. The molecule has 0 bridgehead atoms. The van der Waals surface area contributed by atoms with Crippen LogP contribution in [-0.2, 0) is 4.79 Å². The molecule has 0 fully saturated rings. The van der Waals surface area contributed by atoms with Crippen LogP contribution in [-0.4, -0.2) is 29.2 Å². The van der Waals surface area contributed by atoms with Crippen LogP contribution in [0.1, 0.15) is 36.2 Å². The number of amides is 2. The molecule has 0 aliphatic rings. The SMILES string of the molecule is CC(C)CC(NC(=O)c1ccc(Cl)cc1)C(=O)N/N=C/c1ccc(O)cc1. The first kappa shape index (κ1) is 20.5. The van der Waals surface area contributed by atoms with Gasteiger partial charge in [-0.1, -0.05) is 25.4 Å². The molecular formula is C20H22ClN3O3. The van der Waals surface area contributed by atoms with E-state index >= 15 is 0 Å². The molecule has 1 atom stereocenters. The van der Waals surface area contributed by atoms with Gasteiger partial charge < -0.3 is 10.4 Å². The Bertz CT molecular complexity index is 802. The van der Waals surface area contributed by atoms with Crippen LogP contribution in [0.3, 0.4) is 0 Å². The van der Waals surface area contributed by atoms with Gasteiger partial charge in [0.15, 0.2) is 0 Å². The van der Waals surface area contributed by atoms with Gasteiger partial charge in [-0.25, -0.2) is 5.43 Å². The molecule has 3 N–H and O–H groups in total. The maximum absolute atomic E-state index is 12.4. The highest BCUT2D eigenvalue weighted by Gasteiger charge is 2.22. The topological polar surface area (TPSA) is 90.8 Å². The third-order valence-corrected chi connectivity index (χ3v) is 3.97. The van der Waals surface area contributed by atoms with Crippen LogP contribution in [0, 0.1) is 5.92 Å². The number of nitrogens with one attached hydrogen (secondary N) is 2. The molecule has 0 saturated heterocycles. The first-order chi connectivity index (χ1) is 12.8. The van der Waals surface area contributed by atoms with Crippen molar-refractivity contribution in [2.75, 3.05) is 0 Å². The number of halogens is 1. The van der Waals surface area contributed by atoms with E-state index in [4.69, 9.17) is 11.6 Å². The second-order valence-corrected chi connectivity index (χ2v) is 6.92. The van der Waals surface area contributed by atoms with Crippen LogP contribution in [0.25, 0.3) is 0 Å². The van der Waals surface area contributed by atoms with Gasteiger partial charge in [0.2, 0.25) is 0 Å². The second-order valence-electron chi connectivity index (χ2n) is 6.49. The Morgan fingerprint density at radius 1 is 1.11 bits per heavy atom. The summed E-state index contributed by atoms with van der Waals surface area (Å²) in [4.78, 5) is 24.8. The third kappa shape index (κ3) is 6.75. The van der Waals surface area contributed by atoms with Crippen molar-refractivity contribution in [3.8, 4) is 5.75 Å². The second kappa shape index (κ2) is 9.73. The summed E-state index contributed by atoms with van der Waals surface area (Å²) in [6.07, 6.45) is 1.94. The quantitative estimate of drug-likeness (QED) is 0.502. The minimum absolute atomic E-state index is 0.151. The number of phenols is 1. The summed E-state index contributed by atoms with van der Waals surface area (Å²) in [5.41, 5.74) is 3.59. The van der Waals surface area contributed by atoms with Crippen LogP contribution in [0.4, 0.5) is 0 Å². The zero-order valence-corrected chi connectivity index (χ0v) is 15.9. The van der Waals surface area contributed by atoms with Gasteiger partial charge in [0.1, 0.15) is 11.8 Å². The molecule has 142 valence electrons. The van der Waals surface area contributed by atoms with Crippen LogP contribution < -0.4 is 10.7 Å². The Labute approximate surface area is 163 Å². The summed E-state index contributed by atoms with van der Waals surface area (Å²) >= 11 is 5.83. The monoisotopic (exact) mass is 387 g/mol. The van der Waals surface area contributed by atoms with Gasteiger partial charge in [-0.3, -0.25) is 9.59 Å². The molecule has 0 saturated carbocycles. The van der Waals surface area contributed by atoms with Gasteiger partial charge in [0.25, 0.3) is 11.8 Å². The Morgan fingerprint density at radius 2 is 1.74 bits per heavy atom. The Balaban J connectivity index is 2.01. The van der Waals surface area contributed by atoms with Gasteiger partial charge in [-0.15, -0.1) is 0 Å². The average Bonchev–Trinajstić information content (AvgIpc) is 2.63. The van der Waals surface area contributed by atoms with Gasteiger partial charge in [0.05, 0.1) is 6.21 Å². The number of phenolic OH excluding ortho intramolecular Hbond substituents is 1. The number of hydrogen-bond acceptors (Lipinski definition) is 4. The molecule has 2 aromatic carbocycles. The van der Waals surface area contributed by atoms with E-state index in [1.807, 2.05) is 13.8 Å². The van der Waals surface area contributed by atoms with Gasteiger partial charge in [-0.2, -0.15) is 5.10 Å². The third-order valence-electron chi connectivity index (χ3n) is 3.72. The summed E-state index contributed by atoms with van der Waals surface area (Å²) in [5, 5.41) is 16.4. The van der Waals surface area contributed by atoms with Crippen LogP contribution >= 0.6 is 11.6 Å². The molecule has 6 nitrogen and oxygen atoms in total. The summed E-state index contributed by atoms with van der Waals surface area (Å²) in [6.45, 7) is 3.93. The summed E-state index contributed by atoms with van der Waals surface area (Å²) in [5.74, 6) is -0.401. The summed E-state index contributed by atoms with van der Waals surface area (Å²) in [7, 11) is 0. The van der Waals surface area contributed by atoms with Crippen molar-refractivity contribution >= 4 is 29.6 Å². The van der Waals surface area contributed by atoms with Crippen molar-refractivity contribution < 1.29 is 14.7 Å². The Kier molecular flexibility index (Phi) is 7.37. The summed E-state index contributed by atoms with van der Waals surface area (Å²) in [6, 6.07) is 12.1. The lowest BCUT2D eigenvalue weighted by Crippen LogP contribution is -2.46. The molecule has 27 heavy (non-hydrogen) atoms. The molecule has 7 heteroatoms. The minimum atomic E-state index is -0.717. The minimum Gasteiger partial charge on any atom is -0.508 e. The predicted molar refractivity (Wildman–Crippen MR) is 106 cm³/mol. The maximum Gasteiger partial charge on any atom is 0.262 e. The number of benzene rings is 2. The maximum atomic E-state index is 12.4. The number of rotatable bonds is 7. The number of hydrazone groups is 1. The zero-order chi connectivity index (χ0) is 19.8. The Morgan fingerprint density at radius 3 is 2.33 bits per heavy atom. The molecule has 1 unspecified atom stereocenters. The molecule has 0 heterocycles. The molecule has 0 aliphatic heterocycles. The van der Waals surface area contributed by atoms with Gasteiger partial charge >= 0.3 is 0 Å². The highest BCUT2D eigenvalue weighted by Crippen LogP contribution is 2.11. The largest absolute Gasteiger partial charge is 0.508 e. The van der Waals surface area contributed by atoms with Gasteiger partial charge in [-0.05, 0) is 66.4 Å². The van der Waals surface area contributed by atoms with E-state index in [0.29, 0.717) is 17.0 Å². The lowest BCUT2D eigenvalue weighted by Gasteiger charge is -2.19. The van der Waals surface area contributed by atoms with Crippen molar-refractivity contribution in [2.24, 2.45) is 11.0 Å². The first-order valence-corrected chi connectivity index (χ1v) is 8.91. The number of nitrogens with zero attached hydrogens (tertiary/aromatic N) is 1. The lowest BCUT2D eigenvalue weighted by molar-refractivity contribution is -0.123. The summed E-state index contributed by atoms with van der Waals surface area (Å²) < 4.78 is 0. The van der Waals surface area contributed by atoms with E-state index < -0.39 is 11.9 Å². The molecule has 2 amide bonds. The molecule has 0 radical (unpaired) electrons. The molecule has 0 aliphatic carbocycles. The highest BCUT2D eigenvalue weighted by molar-refractivity contribution is 6.30. The smallest absolute Gasteiger partial charge is 0.262 e. The van der Waals surface area contributed by atoms with E-state index in [9.17, 15) is 14.7 Å². The molecule has 2 rings (SSSR count). The number of aromatic hydroxyl groups is 1. The van der Waals surface area contributed by atoms with Crippen molar-refractivity contribution in [2.45, 2.75) is 26.3 Å². The first-order valence-electron chi connectivity index (χ1n) is 8.53. The van der Waals surface area contributed by atoms with Crippen LogP contribution in [0.2, 0.25) is 5.02 Å². The van der Waals surface area contributed by atoms with Crippen molar-refractivity contribution in [1.82, 2.24) is 10.7 Å². The number of hydrogen-bond donors (Lipinski definition) is 3. The standard InChI is InChI=1S/C20H22ClN3O3/c1-13(2)11-18(23-19(26)15-5-7-16(21)8-6-15)20(27)24-22-12-14-3-9-17(25)10-4-14/h3-10,12-13,18,25H,11H2,1-2H3,(H,23,26)(H,24,27)/b22-12+. The van der Waals surface area contributed by atoms with Crippen LogP contribution in [0.15, 0.2) is 53.6 Å². The normalized spacial score (nSPS) is 12.1.